The van der Waals surface area contributed by atoms with Crippen LogP contribution in [0.25, 0.3) is 5.57 Å². The monoisotopic (exact) mass is 218 g/mol. The largest absolute Gasteiger partial charge is 0.465 e. The molecule has 1 rings (SSSR count). The molecule has 0 bridgehead atoms. The van der Waals surface area contributed by atoms with Crippen molar-refractivity contribution in [2.24, 2.45) is 0 Å². The summed E-state index contributed by atoms with van der Waals surface area (Å²) < 4.78 is 4.60. The molecule has 0 aliphatic heterocycles. The Morgan fingerprint density at radius 2 is 1.62 bits per heavy atom. The van der Waals surface area contributed by atoms with Gasteiger partial charge in [0, 0.05) is 0 Å². The van der Waals surface area contributed by atoms with E-state index in [-0.39, 0.29) is 11.4 Å². The van der Waals surface area contributed by atoms with E-state index in [9.17, 15) is 9.59 Å². The third-order valence-electron chi connectivity index (χ3n) is 2.32. The second kappa shape index (κ2) is 5.26. The lowest BCUT2D eigenvalue weighted by Crippen LogP contribution is -2.13. The molecule has 0 aromatic heterocycles. The first-order valence-electron chi connectivity index (χ1n) is 4.93. The molecule has 3 heteroatoms. The van der Waals surface area contributed by atoms with Crippen LogP contribution in [0.1, 0.15) is 19.4 Å². The summed E-state index contributed by atoms with van der Waals surface area (Å²) in [6, 6.07) is 9.28. The van der Waals surface area contributed by atoms with E-state index in [0.717, 1.165) is 5.56 Å². The number of hydrogen-bond donors (Lipinski definition) is 0. The predicted molar refractivity (Wildman–Crippen MR) is 61.7 cm³/mol. The fourth-order valence-electron chi connectivity index (χ4n) is 1.50. The fourth-order valence-corrected chi connectivity index (χ4v) is 1.50. The standard InChI is InChI=1S/C13H14O3/c1-9(11-7-5-4-6-8-11)12(10(2)14)13(15)16-3/h4-8H,1-3H3. The highest BCUT2D eigenvalue weighted by Gasteiger charge is 2.18. The zero-order chi connectivity index (χ0) is 12.1. The lowest BCUT2D eigenvalue weighted by molar-refractivity contribution is -0.137. The minimum atomic E-state index is -0.589. The molecule has 0 saturated carbocycles. The zero-order valence-corrected chi connectivity index (χ0v) is 9.61. The molecule has 3 nitrogen and oxygen atoms in total. The zero-order valence-electron chi connectivity index (χ0n) is 9.61. The van der Waals surface area contributed by atoms with Crippen molar-refractivity contribution < 1.29 is 14.3 Å². The van der Waals surface area contributed by atoms with Crippen LogP contribution in [0.2, 0.25) is 0 Å². The van der Waals surface area contributed by atoms with Crippen LogP contribution < -0.4 is 0 Å². The predicted octanol–water partition coefficient (Wildman–Crippen LogP) is 2.22. The highest BCUT2D eigenvalue weighted by atomic mass is 16.5. The van der Waals surface area contributed by atoms with Crippen LogP contribution in [0.4, 0.5) is 0 Å². The molecular weight excluding hydrogens is 204 g/mol. The van der Waals surface area contributed by atoms with Gasteiger partial charge in [0.1, 0.15) is 5.57 Å². The maximum absolute atomic E-state index is 11.5. The lowest BCUT2D eigenvalue weighted by atomic mass is 9.99. The molecule has 0 radical (unpaired) electrons. The van der Waals surface area contributed by atoms with E-state index in [2.05, 4.69) is 4.74 Å². The number of rotatable bonds is 3. The van der Waals surface area contributed by atoms with Gasteiger partial charge in [0.2, 0.25) is 0 Å². The van der Waals surface area contributed by atoms with Crippen molar-refractivity contribution in [3.05, 3.63) is 41.5 Å². The average Bonchev–Trinajstić information content (AvgIpc) is 2.29. The normalized spacial score (nSPS) is 11.7. The topological polar surface area (TPSA) is 43.4 Å². The molecule has 1 aromatic rings. The molecule has 0 unspecified atom stereocenters. The van der Waals surface area contributed by atoms with Crippen molar-refractivity contribution >= 4 is 17.3 Å². The van der Waals surface area contributed by atoms with E-state index in [0.29, 0.717) is 5.57 Å². The van der Waals surface area contributed by atoms with Gasteiger partial charge in [-0.3, -0.25) is 4.79 Å². The van der Waals surface area contributed by atoms with Gasteiger partial charge in [0.15, 0.2) is 5.78 Å². The Morgan fingerprint density at radius 1 is 1.06 bits per heavy atom. The van der Waals surface area contributed by atoms with Crippen molar-refractivity contribution in [1.82, 2.24) is 0 Å². The molecular formula is C13H14O3. The number of carbonyl (C=O) groups excluding carboxylic acids is 2. The summed E-state index contributed by atoms with van der Waals surface area (Å²) in [6.45, 7) is 3.10. The number of carbonyl (C=O) groups is 2. The summed E-state index contributed by atoms with van der Waals surface area (Å²) in [6.07, 6.45) is 0. The lowest BCUT2D eigenvalue weighted by Gasteiger charge is -2.07. The van der Waals surface area contributed by atoms with E-state index in [4.69, 9.17) is 0 Å². The molecule has 84 valence electrons. The summed E-state index contributed by atoms with van der Waals surface area (Å²) in [7, 11) is 1.27. The summed E-state index contributed by atoms with van der Waals surface area (Å²) in [5.74, 6) is -0.873. The molecule has 16 heavy (non-hydrogen) atoms. The highest BCUT2D eigenvalue weighted by molar-refractivity contribution is 6.21. The first-order chi connectivity index (χ1) is 7.57. The summed E-state index contributed by atoms with van der Waals surface area (Å²) in [5, 5.41) is 0. The second-order valence-corrected chi connectivity index (χ2v) is 3.41. The van der Waals surface area contributed by atoms with E-state index in [1.165, 1.54) is 14.0 Å². The summed E-state index contributed by atoms with van der Waals surface area (Å²) in [4.78, 5) is 22.9. The average molecular weight is 218 g/mol. The molecule has 0 spiro atoms. The van der Waals surface area contributed by atoms with Crippen molar-refractivity contribution in [2.75, 3.05) is 7.11 Å². The van der Waals surface area contributed by atoms with E-state index in [1.807, 2.05) is 30.3 Å². The van der Waals surface area contributed by atoms with Gasteiger partial charge in [-0.05, 0) is 25.0 Å². The van der Waals surface area contributed by atoms with Crippen LogP contribution in [-0.4, -0.2) is 18.9 Å². The van der Waals surface area contributed by atoms with E-state index < -0.39 is 5.97 Å². The maximum Gasteiger partial charge on any atom is 0.341 e. The Hall–Kier alpha value is -1.90. The Kier molecular flexibility index (Phi) is 4.00. The van der Waals surface area contributed by atoms with Gasteiger partial charge in [0.25, 0.3) is 0 Å². The number of hydrogen-bond acceptors (Lipinski definition) is 3. The first kappa shape index (κ1) is 12.2. The Labute approximate surface area is 94.7 Å². The molecule has 0 atom stereocenters. The van der Waals surface area contributed by atoms with Crippen molar-refractivity contribution in [2.45, 2.75) is 13.8 Å². The smallest absolute Gasteiger partial charge is 0.341 e. The maximum atomic E-state index is 11.5. The van der Waals surface area contributed by atoms with Gasteiger partial charge in [0.05, 0.1) is 7.11 Å². The minimum Gasteiger partial charge on any atom is -0.465 e. The van der Waals surface area contributed by atoms with Crippen molar-refractivity contribution in [3.63, 3.8) is 0 Å². The molecule has 0 amide bonds. The number of benzene rings is 1. The van der Waals surface area contributed by atoms with Crippen LogP contribution in [0, 0.1) is 0 Å². The molecule has 0 fully saturated rings. The van der Waals surface area contributed by atoms with Crippen molar-refractivity contribution in [1.29, 1.82) is 0 Å². The van der Waals surface area contributed by atoms with E-state index in [1.54, 1.807) is 6.92 Å². The number of allylic oxidation sites excluding steroid dienone is 1. The van der Waals surface area contributed by atoms with Gasteiger partial charge >= 0.3 is 5.97 Å². The number of esters is 1. The molecule has 0 saturated heterocycles. The van der Waals surface area contributed by atoms with Crippen molar-refractivity contribution in [3.8, 4) is 0 Å². The van der Waals surface area contributed by atoms with Crippen LogP contribution in [-0.2, 0) is 14.3 Å². The Bertz CT molecular complexity index is 430. The van der Waals surface area contributed by atoms with Crippen LogP contribution in [0.3, 0.4) is 0 Å². The molecule has 0 aliphatic carbocycles. The van der Waals surface area contributed by atoms with E-state index >= 15 is 0 Å². The molecule has 0 N–H and O–H groups in total. The van der Waals surface area contributed by atoms with Gasteiger partial charge in [-0.15, -0.1) is 0 Å². The highest BCUT2D eigenvalue weighted by Crippen LogP contribution is 2.19. The molecule has 0 aliphatic rings. The second-order valence-electron chi connectivity index (χ2n) is 3.41. The molecule has 1 aromatic carbocycles. The third-order valence-corrected chi connectivity index (χ3v) is 2.32. The van der Waals surface area contributed by atoms with Gasteiger partial charge < -0.3 is 4.74 Å². The number of methoxy groups -OCH3 is 1. The summed E-state index contributed by atoms with van der Waals surface area (Å²) >= 11 is 0. The number of Topliss-reactive ketones (excluding diaryl/α,β-unsaturated/α-hetero) is 1. The van der Waals surface area contributed by atoms with Crippen LogP contribution in [0.5, 0.6) is 0 Å². The number of ketones is 1. The quantitative estimate of drug-likeness (QED) is 0.338. The van der Waals surface area contributed by atoms with Gasteiger partial charge in [-0.2, -0.15) is 0 Å². The SMILES string of the molecule is COC(=O)C(C(C)=O)=C(C)c1ccccc1. The first-order valence-corrected chi connectivity index (χ1v) is 4.93. The number of ether oxygens (including phenoxy) is 1. The van der Waals surface area contributed by atoms with Crippen LogP contribution in [0.15, 0.2) is 35.9 Å². The molecule has 0 heterocycles. The Morgan fingerprint density at radius 3 is 2.06 bits per heavy atom. The van der Waals surface area contributed by atoms with Gasteiger partial charge in [-0.25, -0.2) is 4.79 Å². The van der Waals surface area contributed by atoms with Gasteiger partial charge in [-0.1, -0.05) is 30.3 Å². The minimum absolute atomic E-state index is 0.105. The summed E-state index contributed by atoms with van der Waals surface area (Å²) in [5.41, 5.74) is 1.59. The Balaban J connectivity index is 3.28. The fraction of sp³-hybridized carbons (Fsp3) is 0.231. The third kappa shape index (κ3) is 2.57. The van der Waals surface area contributed by atoms with Crippen LogP contribution >= 0.6 is 0 Å².